The molecule has 1 N–H and O–H groups in total. The molecule has 2 unspecified atom stereocenters. The van der Waals surface area contributed by atoms with Crippen molar-refractivity contribution in [2.75, 3.05) is 18.6 Å². The van der Waals surface area contributed by atoms with E-state index < -0.39 is 0 Å². The van der Waals surface area contributed by atoms with E-state index in [1.807, 2.05) is 0 Å². The van der Waals surface area contributed by atoms with Gasteiger partial charge in [0.25, 0.3) is 0 Å². The summed E-state index contributed by atoms with van der Waals surface area (Å²) in [6.45, 7) is 2.19. The Balaban J connectivity index is 2.02. The van der Waals surface area contributed by atoms with Gasteiger partial charge >= 0.3 is 5.97 Å². The third-order valence-corrected chi connectivity index (χ3v) is 4.52. The molecule has 2 atom stereocenters. The average Bonchev–Trinajstić information content (AvgIpc) is 2.48. The topological polar surface area (TPSA) is 38.3 Å². The zero-order valence-electron chi connectivity index (χ0n) is 11.5. The number of esters is 1. The average molecular weight is 279 g/mol. The van der Waals surface area contributed by atoms with Crippen molar-refractivity contribution < 1.29 is 9.53 Å². The molecule has 0 bridgehead atoms. The second-order valence-electron chi connectivity index (χ2n) is 4.82. The molecule has 1 heterocycles. The summed E-state index contributed by atoms with van der Waals surface area (Å²) in [4.78, 5) is 11.6. The van der Waals surface area contributed by atoms with Gasteiger partial charge in [-0.3, -0.25) is 10.1 Å². The maximum atomic E-state index is 11.6. The highest BCUT2D eigenvalue weighted by molar-refractivity contribution is 7.99. The lowest BCUT2D eigenvalue weighted by Gasteiger charge is -2.29. The summed E-state index contributed by atoms with van der Waals surface area (Å²) in [7, 11) is 1.44. The van der Waals surface area contributed by atoms with Gasteiger partial charge in [-0.25, -0.2) is 0 Å². The number of benzene rings is 1. The lowest BCUT2D eigenvalue weighted by Crippen LogP contribution is -2.45. The zero-order valence-corrected chi connectivity index (χ0v) is 12.3. The number of hydrogen-bond acceptors (Lipinski definition) is 4. The molecule has 0 saturated carbocycles. The number of thioether (sulfide) groups is 1. The van der Waals surface area contributed by atoms with Crippen molar-refractivity contribution in [1.82, 2.24) is 5.32 Å². The summed E-state index contributed by atoms with van der Waals surface area (Å²) in [5.41, 5.74) is 2.63. The molecule has 1 aromatic rings. The van der Waals surface area contributed by atoms with E-state index in [9.17, 15) is 4.79 Å². The highest BCUT2D eigenvalue weighted by Crippen LogP contribution is 2.25. The van der Waals surface area contributed by atoms with Crippen LogP contribution in [0, 0.1) is 0 Å². The van der Waals surface area contributed by atoms with Gasteiger partial charge in [-0.1, -0.05) is 37.6 Å². The van der Waals surface area contributed by atoms with Gasteiger partial charge in [-0.05, 0) is 17.5 Å². The van der Waals surface area contributed by atoms with Crippen LogP contribution in [0.25, 0.3) is 0 Å². The molecule has 0 aliphatic carbocycles. The first-order valence-corrected chi connectivity index (χ1v) is 7.90. The zero-order chi connectivity index (χ0) is 13.7. The minimum Gasteiger partial charge on any atom is -0.468 e. The minimum atomic E-state index is -0.191. The van der Waals surface area contributed by atoms with E-state index in [-0.39, 0.29) is 18.1 Å². The predicted molar refractivity (Wildman–Crippen MR) is 79.4 cm³/mol. The highest BCUT2D eigenvalue weighted by Gasteiger charge is 2.28. The Morgan fingerprint density at radius 3 is 2.74 bits per heavy atom. The second-order valence-corrected chi connectivity index (χ2v) is 5.90. The standard InChI is InChI=1S/C15H21NO2S/c1-3-4-11-5-7-12(8-6-11)13-9-19-10-14(16-13)15(17)18-2/h5-8,13-14,16H,3-4,9-10H2,1-2H3. The highest BCUT2D eigenvalue weighted by atomic mass is 32.2. The number of carbonyl (C=O) groups excluding carboxylic acids is 1. The molecule has 1 aliphatic heterocycles. The Hall–Kier alpha value is -1.00. The summed E-state index contributed by atoms with van der Waals surface area (Å²) in [6, 6.07) is 8.76. The van der Waals surface area contributed by atoms with Crippen LogP contribution in [0.1, 0.15) is 30.5 Å². The van der Waals surface area contributed by atoms with Crippen LogP contribution in [0.2, 0.25) is 0 Å². The largest absolute Gasteiger partial charge is 0.468 e. The fraction of sp³-hybridized carbons (Fsp3) is 0.533. The van der Waals surface area contributed by atoms with Crippen LogP contribution < -0.4 is 5.32 Å². The van der Waals surface area contributed by atoms with Gasteiger partial charge in [0.05, 0.1) is 7.11 Å². The lowest BCUT2D eigenvalue weighted by atomic mass is 10.0. The Morgan fingerprint density at radius 2 is 2.11 bits per heavy atom. The van der Waals surface area contributed by atoms with Crippen molar-refractivity contribution in [2.45, 2.75) is 31.8 Å². The van der Waals surface area contributed by atoms with Crippen LogP contribution in [-0.2, 0) is 16.0 Å². The van der Waals surface area contributed by atoms with Crippen molar-refractivity contribution >= 4 is 17.7 Å². The molecule has 0 aromatic heterocycles. The quantitative estimate of drug-likeness (QED) is 0.860. The summed E-state index contributed by atoms with van der Waals surface area (Å²) in [6.07, 6.45) is 2.29. The summed E-state index contributed by atoms with van der Waals surface area (Å²) >= 11 is 1.80. The van der Waals surface area contributed by atoms with Crippen LogP contribution in [0.4, 0.5) is 0 Å². The van der Waals surface area contributed by atoms with Crippen molar-refractivity contribution in [3.05, 3.63) is 35.4 Å². The number of hydrogen-bond donors (Lipinski definition) is 1. The molecule has 104 valence electrons. The van der Waals surface area contributed by atoms with Crippen molar-refractivity contribution in [3.8, 4) is 0 Å². The van der Waals surface area contributed by atoms with E-state index >= 15 is 0 Å². The van der Waals surface area contributed by atoms with E-state index in [0.29, 0.717) is 0 Å². The molecule has 0 radical (unpaired) electrons. The van der Waals surface area contributed by atoms with E-state index in [4.69, 9.17) is 4.74 Å². The van der Waals surface area contributed by atoms with Crippen LogP contribution >= 0.6 is 11.8 Å². The van der Waals surface area contributed by atoms with E-state index in [1.165, 1.54) is 24.7 Å². The smallest absolute Gasteiger partial charge is 0.323 e. The van der Waals surface area contributed by atoms with Gasteiger partial charge in [-0.2, -0.15) is 11.8 Å². The minimum absolute atomic E-state index is 0.167. The third kappa shape index (κ3) is 3.74. The van der Waals surface area contributed by atoms with Crippen LogP contribution in [-0.4, -0.2) is 30.6 Å². The Labute approximate surface area is 119 Å². The predicted octanol–water partition coefficient (Wildman–Crippen LogP) is 2.56. The number of nitrogens with one attached hydrogen (secondary N) is 1. The number of methoxy groups -OCH3 is 1. The molecule has 4 heteroatoms. The van der Waals surface area contributed by atoms with Crippen LogP contribution in [0.15, 0.2) is 24.3 Å². The number of carbonyl (C=O) groups is 1. The fourth-order valence-electron chi connectivity index (χ4n) is 2.32. The maximum absolute atomic E-state index is 11.6. The molecular formula is C15H21NO2S. The number of rotatable bonds is 4. The fourth-order valence-corrected chi connectivity index (χ4v) is 3.45. The van der Waals surface area contributed by atoms with Crippen LogP contribution in [0.3, 0.4) is 0 Å². The molecule has 0 spiro atoms. The molecule has 0 amide bonds. The van der Waals surface area contributed by atoms with Gasteiger partial charge in [0.2, 0.25) is 0 Å². The Morgan fingerprint density at radius 1 is 1.37 bits per heavy atom. The van der Waals surface area contributed by atoms with Gasteiger partial charge in [-0.15, -0.1) is 0 Å². The Kier molecular flexibility index (Phi) is 5.28. The summed E-state index contributed by atoms with van der Waals surface area (Å²) in [5.74, 6) is 1.62. The third-order valence-electron chi connectivity index (χ3n) is 3.38. The van der Waals surface area contributed by atoms with Crippen molar-refractivity contribution in [2.24, 2.45) is 0 Å². The molecule has 19 heavy (non-hydrogen) atoms. The molecule has 3 nitrogen and oxygen atoms in total. The first-order chi connectivity index (χ1) is 9.24. The van der Waals surface area contributed by atoms with E-state index in [0.717, 1.165) is 17.9 Å². The normalized spacial score (nSPS) is 23.1. The molecule has 1 saturated heterocycles. The van der Waals surface area contributed by atoms with Crippen molar-refractivity contribution in [1.29, 1.82) is 0 Å². The number of aryl methyl sites for hydroxylation is 1. The van der Waals surface area contributed by atoms with Gasteiger partial charge in [0.15, 0.2) is 0 Å². The van der Waals surface area contributed by atoms with Crippen LogP contribution in [0.5, 0.6) is 0 Å². The van der Waals surface area contributed by atoms with Gasteiger partial charge in [0.1, 0.15) is 6.04 Å². The SMILES string of the molecule is CCCc1ccc(C2CSCC(C(=O)OC)N2)cc1. The molecule has 1 fully saturated rings. The summed E-state index contributed by atoms with van der Waals surface area (Å²) in [5, 5.41) is 3.38. The van der Waals surface area contributed by atoms with E-state index in [1.54, 1.807) is 11.8 Å². The molecule has 1 aromatic carbocycles. The monoisotopic (exact) mass is 279 g/mol. The molecule has 1 aliphatic rings. The lowest BCUT2D eigenvalue weighted by molar-refractivity contribution is -0.142. The van der Waals surface area contributed by atoms with E-state index in [2.05, 4.69) is 36.5 Å². The first-order valence-electron chi connectivity index (χ1n) is 6.75. The summed E-state index contributed by atoms with van der Waals surface area (Å²) < 4.78 is 4.81. The molecular weight excluding hydrogens is 258 g/mol. The van der Waals surface area contributed by atoms with Gasteiger partial charge < -0.3 is 4.74 Å². The Bertz CT molecular complexity index is 419. The molecule has 2 rings (SSSR count). The van der Waals surface area contributed by atoms with Crippen molar-refractivity contribution in [3.63, 3.8) is 0 Å². The van der Waals surface area contributed by atoms with Gasteiger partial charge in [0, 0.05) is 17.5 Å². The number of ether oxygens (including phenoxy) is 1. The first kappa shape index (κ1) is 14.4. The maximum Gasteiger partial charge on any atom is 0.323 e. The second kappa shape index (κ2) is 6.96.